The van der Waals surface area contributed by atoms with Crippen LogP contribution in [0.4, 0.5) is 0 Å². The van der Waals surface area contributed by atoms with E-state index < -0.39 is 10.8 Å². The van der Waals surface area contributed by atoms with E-state index in [0.29, 0.717) is 0 Å². The van der Waals surface area contributed by atoms with Gasteiger partial charge in [-0.25, -0.2) is 9.97 Å². The Morgan fingerprint density at radius 3 is 1.24 bits per heavy atom. The fraction of sp³-hybridized carbons (Fsp3) is 0.250. The first kappa shape index (κ1) is 28.4. The van der Waals surface area contributed by atoms with Gasteiger partial charge in [0.15, 0.2) is 0 Å². The number of thiazole rings is 2. The van der Waals surface area contributed by atoms with Gasteiger partial charge in [-0.15, -0.1) is 72.0 Å². The number of terminal acetylenes is 4. The third kappa shape index (κ3) is 5.54. The first-order valence-electron chi connectivity index (χ1n) is 11.8. The van der Waals surface area contributed by atoms with Gasteiger partial charge in [-0.2, -0.15) is 0 Å². The Balaban J connectivity index is 0.000000211. The Morgan fingerprint density at radius 1 is 0.658 bits per heavy atom. The molecule has 0 spiro atoms. The van der Waals surface area contributed by atoms with Gasteiger partial charge in [0.2, 0.25) is 0 Å². The Bertz CT molecular complexity index is 1420. The predicted octanol–water partition coefficient (Wildman–Crippen LogP) is 6.34. The number of Topliss-reactive ketones (excluding diaryl/α,β-unsaturated/α-hetero) is 2. The molecule has 0 aliphatic heterocycles. The maximum Gasteiger partial charge on any atom is 0.144 e. The summed E-state index contributed by atoms with van der Waals surface area (Å²) in [7, 11) is 0. The Kier molecular flexibility index (Phi) is 9.23. The second-order valence-corrected chi connectivity index (χ2v) is 10.8. The zero-order valence-corrected chi connectivity index (χ0v) is 22.9. The number of rotatable bonds is 8. The molecule has 0 atom stereocenters. The minimum Gasteiger partial charge on any atom is -0.299 e. The summed E-state index contributed by atoms with van der Waals surface area (Å²) >= 11 is 2.98. The van der Waals surface area contributed by atoms with Gasteiger partial charge in [-0.05, 0) is 38.1 Å². The minimum absolute atomic E-state index is 0.0255. The third-order valence-electron chi connectivity index (χ3n) is 6.37. The molecule has 0 bridgehead atoms. The van der Waals surface area contributed by atoms with Crippen molar-refractivity contribution in [1.82, 2.24) is 9.97 Å². The number of nitrogens with zero attached hydrogens (tertiary/aromatic N) is 2. The number of carbonyl (C=O) groups is 2. The van der Waals surface area contributed by atoms with Crippen LogP contribution >= 0.6 is 22.7 Å². The van der Waals surface area contributed by atoms with Gasteiger partial charge in [0.05, 0.1) is 20.4 Å². The van der Waals surface area contributed by atoms with Crippen molar-refractivity contribution in [2.45, 2.75) is 50.4 Å². The molecule has 2 heterocycles. The normalized spacial score (nSPS) is 10.9. The van der Waals surface area contributed by atoms with Gasteiger partial charge >= 0.3 is 0 Å². The summed E-state index contributed by atoms with van der Waals surface area (Å²) in [6.07, 6.45) is 22.8. The van der Waals surface area contributed by atoms with Gasteiger partial charge < -0.3 is 0 Å². The lowest BCUT2D eigenvalue weighted by Gasteiger charge is -2.24. The maximum absolute atomic E-state index is 12.1. The molecular weight excluding hydrogens is 508 g/mol. The smallest absolute Gasteiger partial charge is 0.144 e. The highest BCUT2D eigenvalue weighted by atomic mass is 32.1. The summed E-state index contributed by atoms with van der Waals surface area (Å²) in [5, 5.41) is 1.44. The van der Waals surface area contributed by atoms with Gasteiger partial charge in [0.25, 0.3) is 0 Å². The topological polar surface area (TPSA) is 59.9 Å². The molecule has 0 aliphatic rings. The van der Waals surface area contributed by atoms with E-state index in [0.717, 1.165) is 30.4 Å². The summed E-state index contributed by atoms with van der Waals surface area (Å²) < 4.78 is 2.08. The molecule has 0 saturated carbocycles. The van der Waals surface area contributed by atoms with E-state index in [-0.39, 0.29) is 37.2 Å². The molecule has 38 heavy (non-hydrogen) atoms. The summed E-state index contributed by atoms with van der Waals surface area (Å²) in [6.45, 7) is 3.06. The van der Waals surface area contributed by atoms with Crippen LogP contribution < -0.4 is 0 Å². The fourth-order valence-electron chi connectivity index (χ4n) is 4.08. The molecule has 2 aromatic heterocycles. The highest BCUT2D eigenvalue weighted by molar-refractivity contribution is 7.19. The predicted molar refractivity (Wildman–Crippen MR) is 158 cm³/mol. The van der Waals surface area contributed by atoms with Gasteiger partial charge in [-0.1, -0.05) is 24.3 Å². The molecule has 0 aliphatic carbocycles. The number of hydrogen-bond donors (Lipinski definition) is 0. The summed E-state index contributed by atoms with van der Waals surface area (Å²) in [5.74, 6) is 10.2. The van der Waals surface area contributed by atoms with Crippen LogP contribution in [0.1, 0.15) is 49.5 Å². The zero-order chi connectivity index (χ0) is 27.8. The molecule has 0 saturated heterocycles. The molecular formula is C32H26N2O2S2. The van der Waals surface area contributed by atoms with E-state index in [1.807, 2.05) is 48.5 Å². The maximum atomic E-state index is 12.1. The second kappa shape index (κ2) is 12.4. The van der Waals surface area contributed by atoms with E-state index >= 15 is 0 Å². The van der Waals surface area contributed by atoms with Crippen molar-refractivity contribution < 1.29 is 9.59 Å². The van der Waals surface area contributed by atoms with Crippen LogP contribution in [-0.4, -0.2) is 21.5 Å². The monoisotopic (exact) mass is 534 g/mol. The van der Waals surface area contributed by atoms with Gasteiger partial charge in [0, 0.05) is 25.7 Å². The van der Waals surface area contributed by atoms with Crippen molar-refractivity contribution >= 4 is 54.7 Å². The first-order chi connectivity index (χ1) is 18.3. The number of para-hydroxylation sites is 2. The molecule has 6 heteroatoms. The quantitative estimate of drug-likeness (QED) is 0.248. The number of hydrogen-bond acceptors (Lipinski definition) is 6. The largest absolute Gasteiger partial charge is 0.299 e. The molecule has 2 aromatic carbocycles. The number of fused-ring (bicyclic) bond motifs is 2. The van der Waals surface area contributed by atoms with Crippen molar-refractivity contribution in [3.63, 3.8) is 0 Å². The van der Waals surface area contributed by atoms with Crippen LogP contribution in [-0.2, 0) is 20.4 Å². The Morgan fingerprint density at radius 2 is 0.974 bits per heavy atom. The van der Waals surface area contributed by atoms with Crippen molar-refractivity contribution in [1.29, 1.82) is 0 Å². The van der Waals surface area contributed by atoms with Crippen molar-refractivity contribution in [3.8, 4) is 49.4 Å². The zero-order valence-electron chi connectivity index (χ0n) is 21.3. The van der Waals surface area contributed by atoms with Gasteiger partial charge in [0.1, 0.15) is 32.4 Å². The Labute approximate surface area is 231 Å². The molecule has 0 unspecified atom stereocenters. The molecule has 0 amide bonds. The van der Waals surface area contributed by atoms with Crippen LogP contribution in [0.25, 0.3) is 20.4 Å². The molecule has 0 fully saturated rings. The molecule has 4 rings (SSSR count). The summed E-state index contributed by atoms with van der Waals surface area (Å²) in [6, 6.07) is 15.5. The van der Waals surface area contributed by atoms with Crippen molar-refractivity contribution in [2.24, 2.45) is 0 Å². The number of aromatic nitrogens is 2. The van der Waals surface area contributed by atoms with E-state index in [4.69, 9.17) is 25.7 Å². The Hall–Kier alpha value is -4.20. The lowest BCUT2D eigenvalue weighted by molar-refractivity contribution is -0.123. The molecule has 0 radical (unpaired) electrons. The lowest BCUT2D eigenvalue weighted by Crippen LogP contribution is -2.33. The van der Waals surface area contributed by atoms with Crippen molar-refractivity contribution in [3.05, 3.63) is 58.5 Å². The van der Waals surface area contributed by atoms with Crippen molar-refractivity contribution in [2.75, 3.05) is 0 Å². The summed E-state index contributed by atoms with van der Waals surface area (Å²) in [5.41, 5.74) is 0.0738. The van der Waals surface area contributed by atoms with Crippen LogP contribution in [0, 0.1) is 49.4 Å². The second-order valence-electron chi connectivity index (χ2n) is 8.77. The SMILES string of the molecule is C#CCC(CC#C)(C(C)=O)c1nc2ccccc2s1.C#CCC(CC#C)(C(C)=O)c1nc2ccccc2s1. The van der Waals surface area contributed by atoms with E-state index in [2.05, 4.69) is 33.6 Å². The first-order valence-corrected chi connectivity index (χ1v) is 13.4. The number of carbonyl (C=O) groups excluding carboxylic acids is 2. The molecule has 188 valence electrons. The summed E-state index contributed by atoms with van der Waals surface area (Å²) in [4.78, 5) is 33.3. The third-order valence-corrected chi connectivity index (χ3v) is 8.85. The minimum atomic E-state index is -0.840. The van der Waals surface area contributed by atoms with Gasteiger partial charge in [-0.3, -0.25) is 9.59 Å². The van der Waals surface area contributed by atoms with Crippen LogP contribution in [0.2, 0.25) is 0 Å². The standard InChI is InChI=1S/2C16H13NOS/c2*1-4-10-16(11-5-2,12(3)18)15-17-13-8-6-7-9-14(13)19-15/h2*1-2,6-9H,10-11H2,3H3. The van der Waals surface area contributed by atoms with E-state index in [9.17, 15) is 9.59 Å². The van der Waals surface area contributed by atoms with Crippen LogP contribution in [0.15, 0.2) is 48.5 Å². The molecule has 4 aromatic rings. The fourth-order valence-corrected chi connectivity index (χ4v) is 6.48. The van der Waals surface area contributed by atoms with Crippen LogP contribution in [0.3, 0.4) is 0 Å². The average molecular weight is 535 g/mol. The lowest BCUT2D eigenvalue weighted by atomic mass is 9.78. The molecule has 4 nitrogen and oxygen atoms in total. The molecule has 0 N–H and O–H groups in total. The van der Waals surface area contributed by atoms with Crippen LogP contribution in [0.5, 0.6) is 0 Å². The van der Waals surface area contributed by atoms with E-state index in [1.54, 1.807) is 0 Å². The number of benzene rings is 2. The number of ketones is 2. The highest BCUT2D eigenvalue weighted by Crippen LogP contribution is 2.38. The highest BCUT2D eigenvalue weighted by Gasteiger charge is 2.40. The average Bonchev–Trinajstić information content (AvgIpc) is 3.53. The van der Waals surface area contributed by atoms with E-state index in [1.165, 1.54) is 36.5 Å².